The van der Waals surface area contributed by atoms with E-state index in [-0.39, 0.29) is 34.1 Å². The molecule has 5 aromatic carbocycles. The number of ketones is 2. The summed E-state index contributed by atoms with van der Waals surface area (Å²) in [7, 11) is -14.9. The molecule has 0 saturated heterocycles. The molecule has 0 fully saturated rings. The van der Waals surface area contributed by atoms with Gasteiger partial charge in [-0.3, -0.25) is 34.1 Å². The predicted molar refractivity (Wildman–Crippen MR) is 244 cm³/mol. The van der Waals surface area contributed by atoms with Crippen LogP contribution in [0.25, 0.3) is 17.2 Å². The Morgan fingerprint density at radius 1 is 0.612 bits per heavy atom. The van der Waals surface area contributed by atoms with Gasteiger partial charge in [0.15, 0.2) is 11.5 Å². The standard InChI is InChI=1S/C41H30N10O13S3/c42-24-5-15-31(48-45-27-10-13-29(14-11-27)65(56,57)58)32(19-24)49-50-38-34(66(59,60)61)17-23-18-35(67(62,63)64)39(40(53)36(23)37(38)43)51-46-26-8-3-22(4-9-26)21-1-6-25(7-2-21)44-47-28-12-16-33(52)30(20-28)41(54)55/h1-20,44,46H,42-43H2,(H,54,55)(H,56,57,58)(H,59,60,61)(H,62,63,64). The molecule has 26 heteroatoms. The summed E-state index contributed by atoms with van der Waals surface area (Å²) in [5, 5.41) is 33.2. The molecule has 0 heterocycles. The fourth-order valence-corrected chi connectivity index (χ4v) is 7.99. The molecular formula is C41H30N10O13S3. The molecule has 2 aliphatic rings. The molecule has 0 aromatic heterocycles. The van der Waals surface area contributed by atoms with Gasteiger partial charge in [-0.15, -0.1) is 15.3 Å². The van der Waals surface area contributed by atoms with Crippen LogP contribution in [0.1, 0.15) is 15.9 Å². The molecule has 0 spiro atoms. The number of azo groups is 2. The van der Waals surface area contributed by atoms with Gasteiger partial charge >= 0.3 is 5.97 Å². The quantitative estimate of drug-likeness (QED) is 0.0153. The highest BCUT2D eigenvalue weighted by molar-refractivity contribution is 7.91. The summed E-state index contributed by atoms with van der Waals surface area (Å²) in [6.07, 6.45) is 4.33. The van der Waals surface area contributed by atoms with Gasteiger partial charge < -0.3 is 16.6 Å². The number of hydrogen-bond acceptors (Lipinski definition) is 19. The van der Waals surface area contributed by atoms with Crippen LogP contribution >= 0.6 is 0 Å². The van der Waals surface area contributed by atoms with Gasteiger partial charge in [-0.05, 0) is 114 Å². The monoisotopic (exact) mass is 966 g/mol. The fraction of sp³-hybridized carbons (Fsp3) is 0. The van der Waals surface area contributed by atoms with Crippen LogP contribution in [0, 0.1) is 0 Å². The van der Waals surface area contributed by atoms with Gasteiger partial charge in [-0.1, -0.05) is 24.3 Å². The van der Waals surface area contributed by atoms with Crippen LogP contribution < -0.4 is 22.3 Å². The lowest BCUT2D eigenvalue weighted by molar-refractivity contribution is -0.134. The number of nitrogen functional groups attached to an aromatic ring is 2. The Hall–Kier alpha value is -8.40. The van der Waals surface area contributed by atoms with Crippen molar-refractivity contribution in [2.24, 2.45) is 30.7 Å². The molecule has 0 unspecified atom stereocenters. The number of carboxylic acid groups (broad SMARTS) is 1. The number of carbonyl (C=O) groups is 3. The smallest absolute Gasteiger partial charge is 0.339 e. The van der Waals surface area contributed by atoms with E-state index >= 15 is 0 Å². The molecule has 7 rings (SSSR count). The first-order valence-electron chi connectivity index (χ1n) is 18.6. The van der Waals surface area contributed by atoms with E-state index in [0.717, 1.165) is 35.9 Å². The van der Waals surface area contributed by atoms with E-state index in [9.17, 15) is 58.4 Å². The number of Topliss-reactive ketones (excluding diaryl/α,β-unsaturated/α-hetero) is 1. The first kappa shape index (κ1) is 46.6. The minimum absolute atomic E-state index is 0.0182. The number of nitrogens with one attached hydrogen (secondary N) is 2. The van der Waals surface area contributed by atoms with Crippen molar-refractivity contribution in [3.63, 3.8) is 0 Å². The van der Waals surface area contributed by atoms with Crippen LogP contribution in [-0.4, -0.2) is 73.0 Å². The molecule has 0 aliphatic heterocycles. The molecule has 0 radical (unpaired) electrons. The van der Waals surface area contributed by atoms with E-state index in [4.69, 9.17) is 11.5 Å². The Balaban J connectivity index is 1.15. The van der Waals surface area contributed by atoms with Gasteiger partial charge in [0, 0.05) is 5.69 Å². The Morgan fingerprint density at radius 2 is 1.21 bits per heavy atom. The largest absolute Gasteiger partial charge is 0.478 e. The zero-order valence-electron chi connectivity index (χ0n) is 33.6. The number of carboxylic acids is 1. The third kappa shape index (κ3) is 10.6. The molecular weight excluding hydrogens is 937 g/mol. The summed E-state index contributed by atoms with van der Waals surface area (Å²) in [4.78, 5) is 34.6. The first-order chi connectivity index (χ1) is 31.6. The zero-order chi connectivity index (χ0) is 48.4. The number of benzene rings is 5. The van der Waals surface area contributed by atoms with Gasteiger partial charge in [0.25, 0.3) is 30.4 Å². The number of nitrogens with two attached hydrogens (primary N) is 2. The van der Waals surface area contributed by atoms with Crippen molar-refractivity contribution in [3.05, 3.63) is 137 Å². The summed E-state index contributed by atoms with van der Waals surface area (Å²) in [6, 6.07) is 22.6. The van der Waals surface area contributed by atoms with Gasteiger partial charge in [0.1, 0.15) is 32.4 Å². The minimum atomic E-state index is -5.24. The molecule has 5 aromatic rings. The van der Waals surface area contributed by atoms with Crippen molar-refractivity contribution in [2.75, 3.05) is 22.3 Å². The lowest BCUT2D eigenvalue weighted by Gasteiger charge is -2.20. The SMILES string of the molecule is Nc1ccc(N=Nc2ccc(S(=O)(=O)O)cc2)c(N=Nc2c(S(=O)(=O)O)cc3c(c2N)C(=O)C(=NNc2ccc(-c4ccc(NN=C5C=CC(=O)C(C(=O)O)=C5)cc4)cc2)C(S(=O)(=O)O)=C3)c1. The van der Waals surface area contributed by atoms with E-state index in [1.165, 1.54) is 48.5 Å². The molecule has 23 nitrogen and oxygen atoms in total. The highest BCUT2D eigenvalue weighted by Crippen LogP contribution is 2.42. The van der Waals surface area contributed by atoms with Crippen LogP contribution in [0.3, 0.4) is 0 Å². The van der Waals surface area contributed by atoms with Crippen molar-refractivity contribution < 1.29 is 58.4 Å². The topological polar surface area (TPSA) is 385 Å². The molecule has 0 bridgehead atoms. The summed E-state index contributed by atoms with van der Waals surface area (Å²) in [5.41, 5.74) is 16.4. The number of anilines is 4. The van der Waals surface area contributed by atoms with Crippen molar-refractivity contribution in [1.82, 2.24) is 0 Å². The molecule has 67 heavy (non-hydrogen) atoms. The second-order valence-corrected chi connectivity index (χ2v) is 18.1. The number of fused-ring (bicyclic) bond motifs is 1. The van der Waals surface area contributed by atoms with Crippen molar-refractivity contribution in [2.45, 2.75) is 9.79 Å². The Kier molecular flexibility index (Phi) is 12.7. The third-order valence-corrected chi connectivity index (χ3v) is 12.0. The Bertz CT molecular complexity index is 3500. The number of rotatable bonds is 13. The van der Waals surface area contributed by atoms with Crippen LogP contribution in [0.2, 0.25) is 0 Å². The molecule has 2 aliphatic carbocycles. The summed E-state index contributed by atoms with van der Waals surface area (Å²) < 4.78 is 103. The van der Waals surface area contributed by atoms with E-state index in [1.807, 2.05) is 0 Å². The van der Waals surface area contributed by atoms with Crippen molar-refractivity contribution in [3.8, 4) is 11.1 Å². The van der Waals surface area contributed by atoms with Crippen LogP contribution in [-0.2, 0) is 39.9 Å². The second-order valence-electron chi connectivity index (χ2n) is 13.9. The van der Waals surface area contributed by atoms with Crippen LogP contribution in [0.5, 0.6) is 0 Å². The summed E-state index contributed by atoms with van der Waals surface area (Å²) in [5.74, 6) is -3.24. The average molecular weight is 967 g/mol. The highest BCUT2D eigenvalue weighted by Gasteiger charge is 2.37. The van der Waals surface area contributed by atoms with Crippen LogP contribution in [0.15, 0.2) is 166 Å². The maximum Gasteiger partial charge on any atom is 0.339 e. The van der Waals surface area contributed by atoms with Gasteiger partial charge in [-0.25, -0.2) is 4.79 Å². The molecule has 0 atom stereocenters. The van der Waals surface area contributed by atoms with E-state index in [2.05, 4.69) is 41.5 Å². The molecule has 340 valence electrons. The third-order valence-electron chi connectivity index (χ3n) is 9.42. The van der Waals surface area contributed by atoms with Gasteiger partial charge in [0.2, 0.25) is 5.78 Å². The van der Waals surface area contributed by atoms with Crippen molar-refractivity contribution in [1.29, 1.82) is 0 Å². The Morgan fingerprint density at radius 3 is 1.78 bits per heavy atom. The number of nitrogens with zero attached hydrogens (tertiary/aromatic N) is 6. The summed E-state index contributed by atoms with van der Waals surface area (Å²) in [6.45, 7) is 0. The number of hydrogen-bond donors (Lipinski definition) is 8. The normalized spacial score (nSPS) is 15.5. The number of aliphatic carboxylic acids is 1. The second kappa shape index (κ2) is 18.2. The fourth-order valence-electron chi connectivity index (χ4n) is 6.18. The van der Waals surface area contributed by atoms with E-state index in [0.29, 0.717) is 17.3 Å². The molecule has 0 saturated carbocycles. The summed E-state index contributed by atoms with van der Waals surface area (Å²) >= 11 is 0. The van der Waals surface area contributed by atoms with Gasteiger partial charge in [-0.2, -0.15) is 40.6 Å². The first-order valence-corrected chi connectivity index (χ1v) is 22.9. The maximum absolute atomic E-state index is 14.1. The average Bonchev–Trinajstić information content (AvgIpc) is 3.27. The van der Waals surface area contributed by atoms with E-state index in [1.54, 1.807) is 36.4 Å². The lowest BCUT2D eigenvalue weighted by Crippen LogP contribution is -2.28. The zero-order valence-corrected chi connectivity index (χ0v) is 36.0. The van der Waals surface area contributed by atoms with Crippen LogP contribution in [0.4, 0.5) is 45.5 Å². The van der Waals surface area contributed by atoms with Crippen molar-refractivity contribution >= 4 is 111 Å². The Labute approximate surface area is 378 Å². The molecule has 0 amide bonds. The maximum atomic E-state index is 14.1. The minimum Gasteiger partial charge on any atom is -0.478 e. The molecule has 10 N–H and O–H groups in total. The number of carbonyl (C=O) groups excluding carboxylic acids is 2. The van der Waals surface area contributed by atoms with Gasteiger partial charge in [0.05, 0.1) is 38.9 Å². The highest BCUT2D eigenvalue weighted by atomic mass is 32.2. The predicted octanol–water partition coefficient (Wildman–Crippen LogP) is 6.65. The number of allylic oxidation sites excluding steroid dienone is 4. The number of hydrazone groups is 2. The lowest BCUT2D eigenvalue weighted by atomic mass is 9.92. The van der Waals surface area contributed by atoms with E-state index < -0.39 is 96.4 Å².